The second-order valence-electron chi connectivity index (χ2n) is 3.52. The molecule has 0 bridgehead atoms. The molecule has 0 fully saturated rings. The van der Waals surface area contributed by atoms with Gasteiger partial charge >= 0.3 is 6.09 Å². The Morgan fingerprint density at radius 3 is 2.81 bits per heavy atom. The van der Waals surface area contributed by atoms with Crippen LogP contribution in [0.15, 0.2) is 27.8 Å². The first-order valence-electron chi connectivity index (χ1n) is 5.65. The second kappa shape index (κ2) is 8.39. The van der Waals surface area contributed by atoms with E-state index >= 15 is 0 Å². The summed E-state index contributed by atoms with van der Waals surface area (Å²) in [7, 11) is 0. The van der Waals surface area contributed by atoms with Gasteiger partial charge in [0.25, 0.3) is 5.91 Å². The molecule has 1 unspecified atom stereocenters. The molecule has 11 heteroatoms. The van der Waals surface area contributed by atoms with Gasteiger partial charge in [-0.2, -0.15) is 0 Å². The molecule has 2 amide bonds. The summed E-state index contributed by atoms with van der Waals surface area (Å²) < 4.78 is 9.36. The highest BCUT2D eigenvalue weighted by Gasteiger charge is 2.09. The van der Waals surface area contributed by atoms with Crippen LogP contribution in [0.5, 0.6) is 0 Å². The molecule has 1 atom stereocenters. The Balaban J connectivity index is 2.64. The molecule has 1 heterocycles. The lowest BCUT2D eigenvalue weighted by atomic mass is 10.6. The summed E-state index contributed by atoms with van der Waals surface area (Å²) in [6.07, 6.45) is -1.11. The first-order chi connectivity index (χ1) is 10.0. The van der Waals surface area contributed by atoms with Gasteiger partial charge in [-0.3, -0.25) is 21.0 Å². The van der Waals surface area contributed by atoms with Crippen molar-refractivity contribution in [1.82, 2.24) is 10.9 Å². The maximum atomic E-state index is 10.9. The Bertz CT molecular complexity index is 488. The zero-order chi connectivity index (χ0) is 15.7. The van der Waals surface area contributed by atoms with Crippen LogP contribution in [0.1, 0.15) is 0 Å². The standard InChI is InChI=1S/C10H15N5O6/c11-9(19)21-5-7(18)12-10(15-14-6(17)4-16)13-8-2-1-3-20-8/h1-3,7,16,18H,4-5H2,(H2,11,19)(H,14,17)(H2,12,13,15). The van der Waals surface area contributed by atoms with Crippen molar-refractivity contribution in [1.29, 1.82) is 0 Å². The van der Waals surface area contributed by atoms with E-state index in [0.29, 0.717) is 0 Å². The van der Waals surface area contributed by atoms with Crippen LogP contribution in [0.2, 0.25) is 0 Å². The molecule has 1 aromatic heterocycles. The van der Waals surface area contributed by atoms with Crippen LogP contribution in [0, 0.1) is 0 Å². The zero-order valence-electron chi connectivity index (χ0n) is 10.8. The molecule has 21 heavy (non-hydrogen) atoms. The first-order valence-corrected chi connectivity index (χ1v) is 5.65. The fourth-order valence-electron chi connectivity index (χ4n) is 1.07. The van der Waals surface area contributed by atoms with Gasteiger partial charge in [-0.05, 0) is 6.07 Å². The second-order valence-corrected chi connectivity index (χ2v) is 3.52. The SMILES string of the molecule is NC(=O)OCC(O)N=C(NNC(=O)CO)Nc1ccco1. The van der Waals surface area contributed by atoms with Crippen molar-refractivity contribution in [2.45, 2.75) is 6.23 Å². The molecule has 1 rings (SSSR count). The summed E-state index contributed by atoms with van der Waals surface area (Å²) in [5.41, 5.74) is 9.16. The molecule has 116 valence electrons. The number of nitrogens with zero attached hydrogens (tertiary/aromatic N) is 1. The van der Waals surface area contributed by atoms with Crippen molar-refractivity contribution in [2.75, 3.05) is 18.5 Å². The van der Waals surface area contributed by atoms with Crippen LogP contribution in [0.3, 0.4) is 0 Å². The van der Waals surface area contributed by atoms with Crippen molar-refractivity contribution in [3.05, 3.63) is 18.4 Å². The Morgan fingerprint density at radius 2 is 2.24 bits per heavy atom. The molecule has 0 aliphatic carbocycles. The fourth-order valence-corrected chi connectivity index (χ4v) is 1.07. The van der Waals surface area contributed by atoms with E-state index in [0.717, 1.165) is 0 Å². The van der Waals surface area contributed by atoms with Crippen LogP contribution in [0.25, 0.3) is 0 Å². The number of guanidine groups is 1. The van der Waals surface area contributed by atoms with E-state index in [1.165, 1.54) is 6.26 Å². The molecular weight excluding hydrogens is 286 g/mol. The number of furan rings is 1. The molecule has 11 nitrogen and oxygen atoms in total. The van der Waals surface area contributed by atoms with Crippen molar-refractivity contribution in [3.8, 4) is 0 Å². The van der Waals surface area contributed by atoms with E-state index < -0.39 is 31.4 Å². The molecule has 0 spiro atoms. The molecule has 0 radical (unpaired) electrons. The van der Waals surface area contributed by atoms with E-state index in [1.807, 2.05) is 0 Å². The molecular formula is C10H15N5O6. The van der Waals surface area contributed by atoms with Crippen LogP contribution >= 0.6 is 0 Å². The number of aliphatic hydroxyl groups excluding tert-OH is 2. The number of primary amides is 1. The molecule has 0 aromatic carbocycles. The van der Waals surface area contributed by atoms with Gasteiger partial charge in [-0.1, -0.05) is 0 Å². The van der Waals surface area contributed by atoms with E-state index in [9.17, 15) is 14.7 Å². The number of nitrogens with one attached hydrogen (secondary N) is 3. The number of carbonyl (C=O) groups is 2. The number of aliphatic hydroxyl groups is 2. The van der Waals surface area contributed by atoms with Gasteiger partial charge in [-0.15, -0.1) is 0 Å². The van der Waals surface area contributed by atoms with E-state index in [-0.39, 0.29) is 11.8 Å². The number of rotatable bonds is 5. The third-order valence-electron chi connectivity index (χ3n) is 1.88. The Morgan fingerprint density at radius 1 is 1.48 bits per heavy atom. The van der Waals surface area contributed by atoms with Gasteiger partial charge < -0.3 is 25.1 Å². The Hall–Kier alpha value is -2.79. The van der Waals surface area contributed by atoms with Crippen molar-refractivity contribution < 1.29 is 29.0 Å². The number of hydrogen-bond acceptors (Lipinski definition) is 7. The first kappa shape index (κ1) is 16.3. The van der Waals surface area contributed by atoms with Crippen molar-refractivity contribution >= 4 is 23.8 Å². The predicted octanol–water partition coefficient (Wildman–Crippen LogP) is -1.93. The average molecular weight is 301 g/mol. The number of ether oxygens (including phenoxy) is 1. The molecule has 0 saturated carbocycles. The molecule has 1 aromatic rings. The van der Waals surface area contributed by atoms with Gasteiger partial charge in [0.15, 0.2) is 12.1 Å². The predicted molar refractivity (Wildman–Crippen MR) is 69.7 cm³/mol. The average Bonchev–Trinajstić information content (AvgIpc) is 2.95. The topological polar surface area (TPSA) is 171 Å². The minimum Gasteiger partial charge on any atom is -0.449 e. The Kier molecular flexibility index (Phi) is 6.50. The lowest BCUT2D eigenvalue weighted by Crippen LogP contribution is -2.46. The summed E-state index contributed by atoms with van der Waals surface area (Å²) in [4.78, 5) is 25.0. The summed E-state index contributed by atoms with van der Waals surface area (Å²) in [5.74, 6) is -0.582. The number of nitrogens with two attached hydrogens (primary N) is 1. The number of aliphatic imine (C=N–C) groups is 1. The smallest absolute Gasteiger partial charge is 0.404 e. The van der Waals surface area contributed by atoms with Crippen LogP contribution in [-0.4, -0.2) is 47.6 Å². The Labute approximate surface area is 118 Å². The van der Waals surface area contributed by atoms with E-state index in [4.69, 9.17) is 15.3 Å². The van der Waals surface area contributed by atoms with Gasteiger partial charge in [0, 0.05) is 6.07 Å². The van der Waals surface area contributed by atoms with Gasteiger partial charge in [0.1, 0.15) is 13.2 Å². The highest BCUT2D eigenvalue weighted by Crippen LogP contribution is 2.06. The number of anilines is 1. The molecule has 0 saturated heterocycles. The highest BCUT2D eigenvalue weighted by atomic mass is 16.6. The third kappa shape index (κ3) is 6.79. The zero-order valence-corrected chi connectivity index (χ0v) is 10.8. The fraction of sp³-hybridized carbons (Fsp3) is 0.300. The number of hydrazine groups is 1. The third-order valence-corrected chi connectivity index (χ3v) is 1.88. The van der Waals surface area contributed by atoms with E-state index in [1.54, 1.807) is 12.1 Å². The number of hydrogen-bond donors (Lipinski definition) is 6. The lowest BCUT2D eigenvalue weighted by Gasteiger charge is -2.13. The quantitative estimate of drug-likeness (QED) is 0.207. The maximum absolute atomic E-state index is 10.9. The largest absolute Gasteiger partial charge is 0.449 e. The van der Waals surface area contributed by atoms with Crippen molar-refractivity contribution in [2.24, 2.45) is 10.7 Å². The summed E-state index contributed by atoms with van der Waals surface area (Å²) in [6.45, 7) is -1.22. The minimum atomic E-state index is -1.44. The number of carbonyl (C=O) groups excluding carboxylic acids is 2. The lowest BCUT2D eigenvalue weighted by molar-refractivity contribution is -0.124. The summed E-state index contributed by atoms with van der Waals surface area (Å²) >= 11 is 0. The summed E-state index contributed by atoms with van der Waals surface area (Å²) in [6, 6.07) is 3.15. The minimum absolute atomic E-state index is 0.118. The van der Waals surface area contributed by atoms with Gasteiger partial charge in [0.2, 0.25) is 5.96 Å². The van der Waals surface area contributed by atoms with Gasteiger partial charge in [0.05, 0.1) is 6.26 Å². The van der Waals surface area contributed by atoms with Crippen LogP contribution in [0.4, 0.5) is 10.7 Å². The van der Waals surface area contributed by atoms with E-state index in [2.05, 4.69) is 25.9 Å². The molecule has 0 aliphatic heterocycles. The van der Waals surface area contributed by atoms with Crippen LogP contribution < -0.4 is 21.9 Å². The van der Waals surface area contributed by atoms with Crippen molar-refractivity contribution in [3.63, 3.8) is 0 Å². The van der Waals surface area contributed by atoms with Gasteiger partial charge in [-0.25, -0.2) is 9.79 Å². The number of amides is 2. The molecule has 0 aliphatic rings. The highest BCUT2D eigenvalue weighted by molar-refractivity contribution is 5.93. The maximum Gasteiger partial charge on any atom is 0.404 e. The summed E-state index contributed by atoms with van der Waals surface area (Å²) in [5, 5.41) is 20.7. The van der Waals surface area contributed by atoms with Crippen LogP contribution in [-0.2, 0) is 9.53 Å². The normalized spacial score (nSPS) is 12.4. The molecule has 7 N–H and O–H groups in total. The monoisotopic (exact) mass is 301 g/mol.